The fraction of sp³-hybridized carbons (Fsp3) is 0.115. The van der Waals surface area contributed by atoms with Gasteiger partial charge < -0.3 is 14.6 Å². The van der Waals surface area contributed by atoms with Gasteiger partial charge >= 0.3 is 0 Å². The summed E-state index contributed by atoms with van der Waals surface area (Å²) < 4.78 is 8.83. The first kappa shape index (κ1) is 24.4. The minimum absolute atomic E-state index is 0.256. The Balaban J connectivity index is 1.54. The summed E-state index contributed by atoms with van der Waals surface area (Å²) in [5.41, 5.74) is 1.43. The molecule has 1 N–H and O–H groups in total. The monoisotopic (exact) mass is 532 g/mol. The summed E-state index contributed by atoms with van der Waals surface area (Å²) in [6.45, 7) is 0.680. The molecule has 0 amide bonds. The minimum atomic E-state index is -0.397. The van der Waals surface area contributed by atoms with Crippen LogP contribution in [0.4, 0.5) is 5.82 Å². The Kier molecular flexibility index (Phi) is 7.11. The Hall–Kier alpha value is -4.28. The Morgan fingerprint density at radius 2 is 1.97 bits per heavy atom. The molecule has 0 spiro atoms. The lowest BCUT2D eigenvalue weighted by Gasteiger charge is -2.10. The van der Waals surface area contributed by atoms with Gasteiger partial charge in [0, 0.05) is 23.3 Å². The molecule has 0 aliphatic heterocycles. The third-order valence-corrected chi connectivity index (χ3v) is 6.80. The van der Waals surface area contributed by atoms with E-state index >= 15 is 0 Å². The maximum Gasteiger partial charge on any atom is 0.283 e. The van der Waals surface area contributed by atoms with Gasteiger partial charge in [0.1, 0.15) is 17.3 Å². The van der Waals surface area contributed by atoms with Crippen molar-refractivity contribution in [2.24, 2.45) is 0 Å². The van der Waals surface area contributed by atoms with Crippen molar-refractivity contribution in [3.05, 3.63) is 110 Å². The predicted octanol–water partition coefficient (Wildman–Crippen LogP) is 4.57. The van der Waals surface area contributed by atoms with Crippen LogP contribution in [0.25, 0.3) is 11.3 Å². The number of carbonyl (C=O) groups is 1. The minimum Gasteiger partial charge on any atom is -0.496 e. The quantitative estimate of drug-likeness (QED) is 0.312. The Bertz CT molecular complexity index is 1610. The summed E-state index contributed by atoms with van der Waals surface area (Å²) in [5.74, 6) is 0.456. The lowest BCUT2D eigenvalue weighted by atomic mass is 10.2. The van der Waals surface area contributed by atoms with Crippen molar-refractivity contribution in [1.82, 2.24) is 24.5 Å². The highest BCUT2D eigenvalue weighted by Gasteiger charge is 2.21. The van der Waals surface area contributed by atoms with Crippen LogP contribution in [-0.2, 0) is 13.1 Å². The normalized spacial score (nSPS) is 10.9. The van der Waals surface area contributed by atoms with Crippen molar-refractivity contribution in [3.63, 3.8) is 0 Å². The number of hydrogen-bond donors (Lipinski definition) is 1. The summed E-state index contributed by atoms with van der Waals surface area (Å²) in [7, 11) is 1.50. The molecule has 0 aliphatic carbocycles. The van der Waals surface area contributed by atoms with Crippen LogP contribution in [-0.4, -0.2) is 37.6 Å². The van der Waals surface area contributed by atoms with E-state index in [4.69, 9.17) is 16.3 Å². The highest BCUT2D eigenvalue weighted by Crippen LogP contribution is 2.26. The van der Waals surface area contributed by atoms with Gasteiger partial charge in [-0.3, -0.25) is 9.59 Å². The van der Waals surface area contributed by atoms with Crippen LogP contribution in [0.1, 0.15) is 20.9 Å². The van der Waals surface area contributed by atoms with Crippen LogP contribution in [0.5, 0.6) is 5.75 Å². The highest BCUT2D eigenvalue weighted by atomic mass is 35.5. The van der Waals surface area contributed by atoms with Crippen molar-refractivity contribution in [2.75, 3.05) is 12.4 Å². The van der Waals surface area contributed by atoms with E-state index in [0.717, 1.165) is 4.88 Å². The fourth-order valence-electron chi connectivity index (χ4n) is 3.80. The molecule has 0 bridgehead atoms. The molecule has 4 heterocycles. The molecule has 0 atom stereocenters. The standard InChI is InChI=1S/C26H21ClN6O3S/c1-36-22-9-3-2-7-20(22)26(35)33-24(28-15-18-10-11-23(27)37-18)14-21(31-33)19-8-5-13-32(25(19)34)16-17-6-4-12-29-30-17/h2-14,28H,15-16H2,1H3. The van der Waals surface area contributed by atoms with Crippen LogP contribution in [0.3, 0.4) is 0 Å². The van der Waals surface area contributed by atoms with Crippen molar-refractivity contribution < 1.29 is 9.53 Å². The summed E-state index contributed by atoms with van der Waals surface area (Å²) in [4.78, 5) is 27.9. The van der Waals surface area contributed by atoms with Crippen LogP contribution in [0.15, 0.2) is 83.9 Å². The third kappa shape index (κ3) is 5.30. The van der Waals surface area contributed by atoms with Gasteiger partial charge in [-0.15, -0.1) is 11.3 Å². The molecule has 0 radical (unpaired) electrons. The molecule has 5 rings (SSSR count). The SMILES string of the molecule is COc1ccccc1C(=O)n1nc(-c2cccn(Cc3cccnn3)c2=O)cc1NCc1ccc(Cl)s1. The van der Waals surface area contributed by atoms with Gasteiger partial charge in [-0.05, 0) is 48.5 Å². The molecule has 186 valence electrons. The Morgan fingerprint density at radius 1 is 1.11 bits per heavy atom. The molecule has 11 heteroatoms. The van der Waals surface area contributed by atoms with Gasteiger partial charge in [0.15, 0.2) is 0 Å². The Labute approximate surface area is 220 Å². The first-order valence-electron chi connectivity index (χ1n) is 11.3. The number of benzene rings is 1. The molecular formula is C26H21ClN6O3S. The molecule has 4 aromatic heterocycles. The Morgan fingerprint density at radius 3 is 2.73 bits per heavy atom. The molecule has 0 fully saturated rings. The largest absolute Gasteiger partial charge is 0.496 e. The molecule has 37 heavy (non-hydrogen) atoms. The zero-order chi connectivity index (χ0) is 25.8. The number of hydrogen-bond acceptors (Lipinski definition) is 8. The van der Waals surface area contributed by atoms with E-state index in [1.807, 2.05) is 12.1 Å². The van der Waals surface area contributed by atoms with E-state index in [0.29, 0.717) is 45.0 Å². The van der Waals surface area contributed by atoms with E-state index in [-0.39, 0.29) is 12.1 Å². The summed E-state index contributed by atoms with van der Waals surface area (Å²) in [5, 5.41) is 15.7. The maximum atomic E-state index is 13.6. The number of ether oxygens (including phenoxy) is 1. The average Bonchev–Trinajstić information content (AvgIpc) is 3.54. The van der Waals surface area contributed by atoms with Gasteiger partial charge in [0.2, 0.25) is 0 Å². The number of halogens is 1. The van der Waals surface area contributed by atoms with E-state index in [9.17, 15) is 9.59 Å². The zero-order valence-corrected chi connectivity index (χ0v) is 21.2. The van der Waals surface area contributed by atoms with Crippen molar-refractivity contribution >= 4 is 34.7 Å². The predicted molar refractivity (Wildman–Crippen MR) is 142 cm³/mol. The van der Waals surface area contributed by atoms with E-state index in [2.05, 4.69) is 20.6 Å². The number of nitrogens with zero attached hydrogens (tertiary/aromatic N) is 5. The molecule has 0 aliphatic rings. The van der Waals surface area contributed by atoms with Gasteiger partial charge in [-0.2, -0.15) is 20.0 Å². The molecule has 5 aromatic rings. The summed E-state index contributed by atoms with van der Waals surface area (Å²) >= 11 is 7.51. The number of rotatable bonds is 8. The lowest BCUT2D eigenvalue weighted by Crippen LogP contribution is -2.22. The van der Waals surface area contributed by atoms with Gasteiger partial charge in [-0.1, -0.05) is 23.7 Å². The van der Waals surface area contributed by atoms with Crippen LogP contribution in [0, 0.1) is 0 Å². The molecule has 0 unspecified atom stereocenters. The summed E-state index contributed by atoms with van der Waals surface area (Å²) in [6, 6.07) is 19.3. The molecule has 0 saturated carbocycles. The second-order valence-corrected chi connectivity index (χ2v) is 9.76. The number of pyridine rings is 1. The zero-order valence-electron chi connectivity index (χ0n) is 19.7. The van der Waals surface area contributed by atoms with Crippen LogP contribution < -0.4 is 15.6 Å². The summed E-state index contributed by atoms with van der Waals surface area (Å²) in [6.07, 6.45) is 3.25. The molecular weight excluding hydrogens is 512 g/mol. The van der Waals surface area contributed by atoms with Gasteiger partial charge in [0.25, 0.3) is 11.5 Å². The number of aromatic nitrogens is 5. The second-order valence-electron chi connectivity index (χ2n) is 7.96. The van der Waals surface area contributed by atoms with Gasteiger partial charge in [0.05, 0.1) is 41.4 Å². The van der Waals surface area contributed by atoms with E-state index in [1.54, 1.807) is 67.0 Å². The lowest BCUT2D eigenvalue weighted by molar-refractivity contribution is 0.0945. The topological polar surface area (TPSA) is 104 Å². The molecule has 0 saturated heterocycles. The number of anilines is 1. The van der Waals surface area contributed by atoms with Crippen molar-refractivity contribution in [2.45, 2.75) is 13.1 Å². The van der Waals surface area contributed by atoms with E-state index in [1.165, 1.54) is 27.7 Å². The van der Waals surface area contributed by atoms with Gasteiger partial charge in [-0.25, -0.2) is 0 Å². The average molecular weight is 533 g/mol. The number of para-hydroxylation sites is 1. The molecule has 1 aromatic carbocycles. The maximum absolute atomic E-state index is 13.6. The fourth-order valence-corrected chi connectivity index (χ4v) is 4.83. The first-order valence-corrected chi connectivity index (χ1v) is 12.4. The smallest absolute Gasteiger partial charge is 0.283 e. The van der Waals surface area contributed by atoms with Crippen molar-refractivity contribution in [3.8, 4) is 17.0 Å². The number of methoxy groups -OCH3 is 1. The van der Waals surface area contributed by atoms with Crippen LogP contribution >= 0.6 is 22.9 Å². The first-order chi connectivity index (χ1) is 18.0. The third-order valence-electron chi connectivity index (χ3n) is 5.57. The number of nitrogens with one attached hydrogen (secondary N) is 1. The highest BCUT2D eigenvalue weighted by molar-refractivity contribution is 7.16. The van der Waals surface area contributed by atoms with Crippen molar-refractivity contribution in [1.29, 1.82) is 0 Å². The van der Waals surface area contributed by atoms with Crippen LogP contribution in [0.2, 0.25) is 4.34 Å². The number of thiophene rings is 1. The molecule has 9 nitrogen and oxygen atoms in total. The number of carbonyl (C=O) groups excluding carboxylic acids is 1. The van der Waals surface area contributed by atoms with E-state index < -0.39 is 5.91 Å². The second kappa shape index (κ2) is 10.8.